The zero-order chi connectivity index (χ0) is 18.0. The van der Waals surface area contributed by atoms with Gasteiger partial charge in [-0.2, -0.15) is 10.2 Å². The number of hydrogen-bond donors (Lipinski definition) is 1. The molecule has 0 aromatic carbocycles. The molecule has 25 heavy (non-hydrogen) atoms. The largest absolute Gasteiger partial charge is 0.467 e. The summed E-state index contributed by atoms with van der Waals surface area (Å²) < 4.78 is 8.07. The molecule has 1 N–H and O–H groups in total. The molecule has 3 aromatic heterocycles. The number of aromatic nitrogens is 4. The van der Waals surface area contributed by atoms with Crippen LogP contribution in [0.15, 0.2) is 39.7 Å². The SMILES string of the molecule is Cc1nn(C)c(C)c1-c1ccc(=O)n(CC(=O)NCc2ccco2)n1. The van der Waals surface area contributed by atoms with Gasteiger partial charge in [0.1, 0.15) is 12.3 Å². The summed E-state index contributed by atoms with van der Waals surface area (Å²) >= 11 is 0. The van der Waals surface area contributed by atoms with Crippen LogP contribution in [0.1, 0.15) is 17.1 Å². The smallest absolute Gasteiger partial charge is 0.267 e. The molecule has 0 radical (unpaired) electrons. The van der Waals surface area contributed by atoms with E-state index >= 15 is 0 Å². The Hall–Kier alpha value is -3.16. The molecular weight excluding hydrogens is 322 g/mol. The first-order chi connectivity index (χ1) is 12.0. The summed E-state index contributed by atoms with van der Waals surface area (Å²) in [7, 11) is 1.85. The molecule has 0 fully saturated rings. The Bertz CT molecular complexity index is 953. The van der Waals surface area contributed by atoms with Gasteiger partial charge in [-0.15, -0.1) is 0 Å². The lowest BCUT2D eigenvalue weighted by Crippen LogP contribution is -2.33. The van der Waals surface area contributed by atoms with Gasteiger partial charge < -0.3 is 9.73 Å². The van der Waals surface area contributed by atoms with Crippen molar-refractivity contribution < 1.29 is 9.21 Å². The lowest BCUT2D eigenvalue weighted by Gasteiger charge is -2.08. The van der Waals surface area contributed by atoms with Gasteiger partial charge in [-0.1, -0.05) is 0 Å². The van der Waals surface area contributed by atoms with Crippen molar-refractivity contribution in [3.05, 3.63) is 58.0 Å². The monoisotopic (exact) mass is 341 g/mol. The fraction of sp³-hybridized carbons (Fsp3) is 0.294. The van der Waals surface area contributed by atoms with E-state index in [9.17, 15) is 9.59 Å². The highest BCUT2D eigenvalue weighted by Crippen LogP contribution is 2.23. The van der Waals surface area contributed by atoms with Crippen molar-refractivity contribution in [3.8, 4) is 11.3 Å². The lowest BCUT2D eigenvalue weighted by molar-refractivity contribution is -0.122. The van der Waals surface area contributed by atoms with Crippen LogP contribution >= 0.6 is 0 Å². The number of aryl methyl sites for hydroxylation is 2. The molecular formula is C17H19N5O3. The molecule has 0 aliphatic rings. The zero-order valence-corrected chi connectivity index (χ0v) is 14.3. The Labute approximate surface area is 144 Å². The van der Waals surface area contributed by atoms with Gasteiger partial charge >= 0.3 is 0 Å². The van der Waals surface area contributed by atoms with Gasteiger partial charge in [0.15, 0.2) is 0 Å². The second-order valence-corrected chi connectivity index (χ2v) is 5.74. The van der Waals surface area contributed by atoms with Crippen LogP contribution in [0.4, 0.5) is 0 Å². The second kappa shape index (κ2) is 6.76. The van der Waals surface area contributed by atoms with E-state index in [1.54, 1.807) is 22.9 Å². The summed E-state index contributed by atoms with van der Waals surface area (Å²) in [6.45, 7) is 3.92. The van der Waals surface area contributed by atoms with Crippen LogP contribution in [0.5, 0.6) is 0 Å². The summed E-state index contributed by atoms with van der Waals surface area (Å²) in [6, 6.07) is 6.57. The van der Waals surface area contributed by atoms with Gasteiger partial charge in [0.2, 0.25) is 5.91 Å². The first kappa shape index (κ1) is 16.7. The van der Waals surface area contributed by atoms with Crippen molar-refractivity contribution in [2.45, 2.75) is 26.9 Å². The Kier molecular flexibility index (Phi) is 4.51. The maximum atomic E-state index is 12.1. The van der Waals surface area contributed by atoms with E-state index < -0.39 is 0 Å². The molecule has 130 valence electrons. The third kappa shape index (κ3) is 3.52. The summed E-state index contributed by atoms with van der Waals surface area (Å²) in [5, 5.41) is 11.4. The van der Waals surface area contributed by atoms with Crippen LogP contribution in [-0.4, -0.2) is 25.5 Å². The highest BCUT2D eigenvalue weighted by atomic mass is 16.3. The molecule has 0 saturated heterocycles. The van der Waals surface area contributed by atoms with Gasteiger partial charge in [-0.25, -0.2) is 4.68 Å². The summed E-state index contributed by atoms with van der Waals surface area (Å²) in [5.41, 5.74) is 2.90. The topological polar surface area (TPSA) is 95.0 Å². The highest BCUT2D eigenvalue weighted by Gasteiger charge is 2.15. The molecule has 8 nitrogen and oxygen atoms in total. The molecule has 0 bridgehead atoms. The van der Waals surface area contributed by atoms with E-state index in [2.05, 4.69) is 15.5 Å². The highest BCUT2D eigenvalue weighted by molar-refractivity contribution is 5.75. The molecule has 3 heterocycles. The van der Waals surface area contributed by atoms with E-state index in [1.165, 1.54) is 12.3 Å². The maximum absolute atomic E-state index is 12.1. The standard InChI is InChI=1S/C17H19N5O3/c1-11-17(12(2)21(3)19-11)14-6-7-16(24)22(20-14)10-15(23)18-9-13-5-4-8-25-13/h4-8H,9-10H2,1-3H3,(H,18,23). The van der Waals surface area contributed by atoms with E-state index in [-0.39, 0.29) is 24.6 Å². The van der Waals surface area contributed by atoms with E-state index in [4.69, 9.17) is 4.42 Å². The van der Waals surface area contributed by atoms with Gasteiger partial charge in [0.25, 0.3) is 5.56 Å². The first-order valence-electron chi connectivity index (χ1n) is 7.83. The van der Waals surface area contributed by atoms with Crippen molar-refractivity contribution in [3.63, 3.8) is 0 Å². The van der Waals surface area contributed by atoms with Crippen molar-refractivity contribution in [2.75, 3.05) is 0 Å². The van der Waals surface area contributed by atoms with Crippen LogP contribution in [0, 0.1) is 13.8 Å². The first-order valence-corrected chi connectivity index (χ1v) is 7.83. The molecule has 0 spiro atoms. The summed E-state index contributed by atoms with van der Waals surface area (Å²) in [6.07, 6.45) is 1.54. The van der Waals surface area contributed by atoms with Gasteiger partial charge in [0.05, 0.1) is 24.2 Å². The number of rotatable bonds is 5. The number of hydrogen-bond acceptors (Lipinski definition) is 5. The minimum atomic E-state index is -0.337. The molecule has 0 aliphatic carbocycles. The molecule has 1 amide bonds. The van der Waals surface area contributed by atoms with Crippen molar-refractivity contribution in [1.29, 1.82) is 0 Å². The minimum Gasteiger partial charge on any atom is -0.467 e. The summed E-state index contributed by atoms with van der Waals surface area (Å²) in [5.74, 6) is 0.326. The third-order valence-electron chi connectivity index (χ3n) is 3.97. The predicted molar refractivity (Wildman–Crippen MR) is 90.7 cm³/mol. The molecule has 0 aliphatic heterocycles. The number of carbonyl (C=O) groups is 1. The molecule has 0 atom stereocenters. The van der Waals surface area contributed by atoms with Crippen molar-refractivity contribution in [2.24, 2.45) is 7.05 Å². The minimum absolute atomic E-state index is 0.161. The molecule has 8 heteroatoms. The Morgan fingerprint density at radius 1 is 1.24 bits per heavy atom. The van der Waals surface area contributed by atoms with E-state index in [1.807, 2.05) is 20.9 Å². The third-order valence-corrected chi connectivity index (χ3v) is 3.97. The summed E-state index contributed by atoms with van der Waals surface area (Å²) in [4.78, 5) is 24.1. The maximum Gasteiger partial charge on any atom is 0.267 e. The van der Waals surface area contributed by atoms with Gasteiger partial charge in [-0.05, 0) is 32.0 Å². The Morgan fingerprint density at radius 3 is 2.68 bits per heavy atom. The van der Waals surface area contributed by atoms with Crippen LogP contribution in [0.3, 0.4) is 0 Å². The Morgan fingerprint density at radius 2 is 2.04 bits per heavy atom. The number of nitrogens with one attached hydrogen (secondary N) is 1. The van der Waals surface area contributed by atoms with E-state index in [0.717, 1.165) is 21.6 Å². The van der Waals surface area contributed by atoms with Crippen molar-refractivity contribution in [1.82, 2.24) is 24.9 Å². The van der Waals surface area contributed by atoms with E-state index in [0.29, 0.717) is 11.5 Å². The normalized spacial score (nSPS) is 10.8. The fourth-order valence-corrected chi connectivity index (χ4v) is 2.63. The van der Waals surface area contributed by atoms with Crippen LogP contribution < -0.4 is 10.9 Å². The lowest BCUT2D eigenvalue weighted by atomic mass is 10.1. The van der Waals surface area contributed by atoms with Gasteiger partial charge in [0, 0.05) is 24.4 Å². The van der Waals surface area contributed by atoms with Gasteiger partial charge in [-0.3, -0.25) is 14.3 Å². The number of furan rings is 1. The zero-order valence-electron chi connectivity index (χ0n) is 14.3. The average Bonchev–Trinajstić information content (AvgIpc) is 3.17. The average molecular weight is 341 g/mol. The molecule has 3 aromatic rings. The molecule has 3 rings (SSSR count). The molecule has 0 saturated carbocycles. The number of amides is 1. The molecule has 0 unspecified atom stereocenters. The number of carbonyl (C=O) groups excluding carboxylic acids is 1. The van der Waals surface area contributed by atoms with Crippen molar-refractivity contribution >= 4 is 5.91 Å². The predicted octanol–water partition coefficient (Wildman–Crippen LogP) is 1.17. The second-order valence-electron chi connectivity index (χ2n) is 5.74. The Balaban J connectivity index is 1.80. The quantitative estimate of drug-likeness (QED) is 0.752. The number of nitrogens with zero attached hydrogens (tertiary/aromatic N) is 4. The van der Waals surface area contributed by atoms with Crippen LogP contribution in [0.2, 0.25) is 0 Å². The van der Waals surface area contributed by atoms with Crippen LogP contribution in [0.25, 0.3) is 11.3 Å². The fourth-order valence-electron chi connectivity index (χ4n) is 2.63. The van der Waals surface area contributed by atoms with Crippen LogP contribution in [-0.2, 0) is 24.9 Å².